The van der Waals surface area contributed by atoms with Crippen LogP contribution in [-0.4, -0.2) is 29.2 Å². The summed E-state index contributed by atoms with van der Waals surface area (Å²) in [6.45, 7) is 0. The van der Waals surface area contributed by atoms with E-state index >= 15 is 0 Å². The molecule has 2 aromatic carbocycles. The van der Waals surface area contributed by atoms with Crippen LogP contribution in [0.2, 0.25) is 0 Å². The molecule has 4 aromatic rings. The van der Waals surface area contributed by atoms with E-state index in [1.807, 2.05) is 36.4 Å². The lowest BCUT2D eigenvalue weighted by molar-refractivity contribution is 0.397. The zero-order chi connectivity index (χ0) is 16.7. The summed E-state index contributed by atoms with van der Waals surface area (Å²) in [6.07, 6.45) is 1.79. The van der Waals surface area contributed by atoms with Gasteiger partial charge in [0.1, 0.15) is 22.9 Å². The zero-order valence-electron chi connectivity index (χ0n) is 13.1. The Kier molecular flexibility index (Phi) is 3.61. The fraction of sp³-hybridized carbons (Fsp3) is 0.111. The number of halogens is 1. The number of hydrogen-bond acceptors (Lipinski definition) is 4. The van der Waals surface area contributed by atoms with Gasteiger partial charge in [-0.15, -0.1) is 0 Å². The van der Waals surface area contributed by atoms with Crippen LogP contribution in [0.5, 0.6) is 11.5 Å². The molecule has 0 saturated heterocycles. The SMILES string of the molecule is COc1cccc(OC)c1-c1nc2c(cnc3cc(Br)ccc32)[nH]1. The van der Waals surface area contributed by atoms with Crippen molar-refractivity contribution in [2.45, 2.75) is 0 Å². The molecule has 2 heterocycles. The Labute approximate surface area is 146 Å². The van der Waals surface area contributed by atoms with Crippen LogP contribution in [0.15, 0.2) is 47.1 Å². The summed E-state index contributed by atoms with van der Waals surface area (Å²) in [6, 6.07) is 11.6. The Bertz CT molecular complexity index is 1040. The largest absolute Gasteiger partial charge is 0.496 e. The maximum Gasteiger partial charge on any atom is 0.146 e. The number of nitrogens with zero attached hydrogens (tertiary/aromatic N) is 2. The number of benzene rings is 2. The first kappa shape index (κ1) is 15.0. The van der Waals surface area contributed by atoms with Gasteiger partial charge in [0, 0.05) is 9.86 Å². The zero-order valence-corrected chi connectivity index (χ0v) is 14.7. The molecule has 0 aliphatic rings. The van der Waals surface area contributed by atoms with E-state index in [9.17, 15) is 0 Å². The predicted octanol–water partition coefficient (Wildman–Crippen LogP) is 4.56. The molecule has 6 heteroatoms. The first-order valence-electron chi connectivity index (χ1n) is 7.36. The summed E-state index contributed by atoms with van der Waals surface area (Å²) < 4.78 is 11.9. The highest BCUT2D eigenvalue weighted by atomic mass is 79.9. The number of ether oxygens (including phenoxy) is 2. The minimum Gasteiger partial charge on any atom is -0.496 e. The van der Waals surface area contributed by atoms with Gasteiger partial charge in [-0.05, 0) is 30.3 Å². The lowest BCUT2D eigenvalue weighted by Gasteiger charge is -2.10. The molecule has 120 valence electrons. The van der Waals surface area contributed by atoms with E-state index in [1.165, 1.54) is 0 Å². The molecule has 24 heavy (non-hydrogen) atoms. The smallest absolute Gasteiger partial charge is 0.146 e. The van der Waals surface area contributed by atoms with Crippen molar-refractivity contribution >= 4 is 37.9 Å². The standard InChI is InChI=1S/C18H14BrN3O2/c1-23-14-4-3-5-15(24-2)16(14)18-21-13-9-20-12-8-10(19)6-7-11(12)17(13)22-18/h3-9H,1-2H3,(H,21,22). The molecule has 0 radical (unpaired) electrons. The quantitative estimate of drug-likeness (QED) is 0.563. The van der Waals surface area contributed by atoms with Crippen molar-refractivity contribution < 1.29 is 9.47 Å². The molecule has 0 spiro atoms. The number of aromatic amines is 1. The van der Waals surface area contributed by atoms with E-state index in [2.05, 4.69) is 25.9 Å². The van der Waals surface area contributed by atoms with Crippen molar-refractivity contribution in [2.24, 2.45) is 0 Å². The fourth-order valence-electron chi connectivity index (χ4n) is 2.83. The minimum atomic E-state index is 0.691. The number of aromatic nitrogens is 3. The number of rotatable bonds is 3. The molecule has 5 nitrogen and oxygen atoms in total. The first-order valence-corrected chi connectivity index (χ1v) is 8.16. The number of nitrogens with one attached hydrogen (secondary N) is 1. The molecular weight excluding hydrogens is 370 g/mol. The molecule has 1 N–H and O–H groups in total. The van der Waals surface area contributed by atoms with Crippen LogP contribution in [0.3, 0.4) is 0 Å². The average Bonchev–Trinajstić information content (AvgIpc) is 3.04. The Balaban J connectivity index is 2.01. The molecule has 0 aliphatic heterocycles. The number of hydrogen-bond donors (Lipinski definition) is 1. The average molecular weight is 384 g/mol. The molecule has 0 saturated carbocycles. The van der Waals surface area contributed by atoms with Crippen molar-refractivity contribution in [3.63, 3.8) is 0 Å². The van der Waals surface area contributed by atoms with Crippen molar-refractivity contribution in [1.29, 1.82) is 0 Å². The first-order chi connectivity index (χ1) is 11.7. The van der Waals surface area contributed by atoms with Crippen molar-refractivity contribution in [3.05, 3.63) is 47.1 Å². The summed E-state index contributed by atoms with van der Waals surface area (Å²) in [5.41, 5.74) is 3.43. The van der Waals surface area contributed by atoms with Crippen LogP contribution >= 0.6 is 15.9 Å². The number of methoxy groups -OCH3 is 2. The van der Waals surface area contributed by atoms with E-state index in [0.717, 1.165) is 32.0 Å². The van der Waals surface area contributed by atoms with Crippen molar-refractivity contribution in [3.8, 4) is 22.9 Å². The highest BCUT2D eigenvalue weighted by Gasteiger charge is 2.17. The minimum absolute atomic E-state index is 0.691. The molecule has 0 amide bonds. The van der Waals surface area contributed by atoms with Crippen LogP contribution in [0.4, 0.5) is 0 Å². The van der Waals surface area contributed by atoms with Gasteiger partial charge in [-0.25, -0.2) is 4.98 Å². The van der Waals surface area contributed by atoms with Crippen molar-refractivity contribution in [2.75, 3.05) is 14.2 Å². The van der Waals surface area contributed by atoms with Gasteiger partial charge in [-0.1, -0.05) is 22.0 Å². The summed E-state index contributed by atoms with van der Waals surface area (Å²) in [4.78, 5) is 12.6. The van der Waals surface area contributed by atoms with Gasteiger partial charge in [-0.2, -0.15) is 0 Å². The lowest BCUT2D eigenvalue weighted by Crippen LogP contribution is -1.93. The van der Waals surface area contributed by atoms with Gasteiger partial charge in [0.15, 0.2) is 0 Å². The molecular formula is C18H14BrN3O2. The highest BCUT2D eigenvalue weighted by molar-refractivity contribution is 9.10. The van der Waals surface area contributed by atoms with E-state index in [4.69, 9.17) is 14.5 Å². The second kappa shape index (κ2) is 5.79. The van der Waals surface area contributed by atoms with Crippen LogP contribution in [-0.2, 0) is 0 Å². The third kappa shape index (κ3) is 2.30. The summed E-state index contributed by atoms with van der Waals surface area (Å²) in [5.74, 6) is 2.10. The molecule has 0 fully saturated rings. The van der Waals surface area contributed by atoms with Crippen LogP contribution in [0.25, 0.3) is 33.3 Å². The van der Waals surface area contributed by atoms with E-state index < -0.39 is 0 Å². The molecule has 0 unspecified atom stereocenters. The molecule has 2 aromatic heterocycles. The van der Waals surface area contributed by atoms with E-state index in [0.29, 0.717) is 17.3 Å². The fourth-order valence-corrected chi connectivity index (χ4v) is 3.18. The molecule has 0 atom stereocenters. The second-order valence-corrected chi connectivity index (χ2v) is 6.22. The summed E-state index contributed by atoms with van der Waals surface area (Å²) in [7, 11) is 3.27. The number of fused-ring (bicyclic) bond motifs is 3. The van der Waals surface area contributed by atoms with E-state index in [-0.39, 0.29) is 0 Å². The summed E-state index contributed by atoms with van der Waals surface area (Å²) >= 11 is 3.47. The lowest BCUT2D eigenvalue weighted by atomic mass is 10.1. The van der Waals surface area contributed by atoms with Gasteiger partial charge < -0.3 is 14.5 Å². The normalized spacial score (nSPS) is 11.1. The Morgan fingerprint density at radius 1 is 1.04 bits per heavy atom. The molecule has 4 rings (SSSR count). The third-order valence-corrected chi connectivity index (χ3v) is 4.44. The van der Waals surface area contributed by atoms with Crippen LogP contribution in [0, 0.1) is 0 Å². The number of H-pyrrole nitrogens is 1. The molecule has 0 aliphatic carbocycles. The van der Waals surface area contributed by atoms with Gasteiger partial charge >= 0.3 is 0 Å². The van der Waals surface area contributed by atoms with E-state index in [1.54, 1.807) is 20.4 Å². The highest BCUT2D eigenvalue weighted by Crippen LogP contribution is 2.38. The number of imidazole rings is 1. The maximum absolute atomic E-state index is 5.48. The van der Waals surface area contributed by atoms with Gasteiger partial charge in [-0.3, -0.25) is 4.98 Å². The topological polar surface area (TPSA) is 60.0 Å². The number of pyridine rings is 1. The monoisotopic (exact) mass is 383 g/mol. The van der Waals surface area contributed by atoms with Crippen LogP contribution < -0.4 is 9.47 Å². The predicted molar refractivity (Wildman–Crippen MR) is 97.6 cm³/mol. The molecule has 0 bridgehead atoms. The summed E-state index contributed by atoms with van der Waals surface area (Å²) in [5, 5.41) is 0.993. The van der Waals surface area contributed by atoms with Gasteiger partial charge in [0.2, 0.25) is 0 Å². The van der Waals surface area contributed by atoms with Gasteiger partial charge in [0.05, 0.1) is 37.0 Å². The van der Waals surface area contributed by atoms with Gasteiger partial charge in [0.25, 0.3) is 0 Å². The Morgan fingerprint density at radius 3 is 2.50 bits per heavy atom. The third-order valence-electron chi connectivity index (χ3n) is 3.94. The Morgan fingerprint density at radius 2 is 1.79 bits per heavy atom. The second-order valence-electron chi connectivity index (χ2n) is 5.30. The van der Waals surface area contributed by atoms with Crippen LogP contribution in [0.1, 0.15) is 0 Å². The Hall–Kier alpha value is -2.60. The maximum atomic E-state index is 5.48. The van der Waals surface area contributed by atoms with Crippen molar-refractivity contribution in [1.82, 2.24) is 15.0 Å².